The van der Waals surface area contributed by atoms with Crippen LogP contribution in [0.2, 0.25) is 0 Å². The standard InChI is InChI=1S/C3H5ClN2/c4-3-1-2-5-6-3/h1-3,5-6H. The first-order valence-electron chi connectivity index (χ1n) is 1.71. The Hall–Kier alpha value is -0.210. The predicted octanol–water partition coefficient (Wildman–Crippen LogP) is 0.173. The minimum atomic E-state index is -0.0231. The highest BCUT2D eigenvalue weighted by Gasteiger charge is 1.98. The molecule has 0 radical (unpaired) electrons. The molecule has 0 amide bonds. The summed E-state index contributed by atoms with van der Waals surface area (Å²) < 4.78 is 0. The van der Waals surface area contributed by atoms with Gasteiger partial charge < -0.3 is 5.43 Å². The Bertz CT molecular complexity index is 71.2. The van der Waals surface area contributed by atoms with Gasteiger partial charge in [-0.05, 0) is 6.08 Å². The van der Waals surface area contributed by atoms with Crippen LogP contribution in [0, 0.1) is 0 Å². The third-order valence-electron chi connectivity index (χ3n) is 0.570. The summed E-state index contributed by atoms with van der Waals surface area (Å²) in [5, 5.41) is 0. The van der Waals surface area contributed by atoms with Crippen LogP contribution in [0.3, 0.4) is 0 Å². The minimum absolute atomic E-state index is 0.0231. The van der Waals surface area contributed by atoms with Gasteiger partial charge in [-0.2, -0.15) is 0 Å². The minimum Gasteiger partial charge on any atom is -0.327 e. The molecule has 1 aliphatic rings. The van der Waals surface area contributed by atoms with Gasteiger partial charge in [-0.3, -0.25) is 0 Å². The van der Waals surface area contributed by atoms with Crippen LogP contribution in [0.4, 0.5) is 0 Å². The maximum absolute atomic E-state index is 5.45. The molecule has 0 spiro atoms. The summed E-state index contributed by atoms with van der Waals surface area (Å²) in [5.41, 5.74) is 5.41. The van der Waals surface area contributed by atoms with Gasteiger partial charge in [0.05, 0.1) is 0 Å². The molecule has 34 valence electrons. The summed E-state index contributed by atoms with van der Waals surface area (Å²) in [6.45, 7) is 0. The summed E-state index contributed by atoms with van der Waals surface area (Å²) in [7, 11) is 0. The molecule has 0 aromatic rings. The molecule has 1 aliphatic heterocycles. The average Bonchev–Trinajstić information content (AvgIpc) is 1.86. The number of rotatable bonds is 0. The maximum Gasteiger partial charge on any atom is 0.120 e. The highest BCUT2D eigenvalue weighted by Crippen LogP contribution is 1.93. The molecule has 1 heterocycles. The summed E-state index contributed by atoms with van der Waals surface area (Å²) in [4.78, 5) is 0. The van der Waals surface area contributed by atoms with Gasteiger partial charge in [0.25, 0.3) is 0 Å². The molecule has 2 N–H and O–H groups in total. The highest BCUT2D eigenvalue weighted by molar-refractivity contribution is 6.21. The molecular formula is C3H5ClN2. The van der Waals surface area contributed by atoms with E-state index in [1.807, 2.05) is 6.08 Å². The molecule has 0 aromatic heterocycles. The lowest BCUT2D eigenvalue weighted by atomic mass is 10.6. The zero-order valence-electron chi connectivity index (χ0n) is 3.11. The lowest BCUT2D eigenvalue weighted by Crippen LogP contribution is -2.25. The molecule has 1 rings (SSSR count). The molecule has 0 saturated heterocycles. The van der Waals surface area contributed by atoms with Crippen LogP contribution < -0.4 is 10.9 Å². The first kappa shape index (κ1) is 3.96. The Labute approximate surface area is 41.1 Å². The fourth-order valence-corrected chi connectivity index (χ4v) is 0.444. The molecule has 0 bridgehead atoms. The lowest BCUT2D eigenvalue weighted by molar-refractivity contribution is 0.693. The van der Waals surface area contributed by atoms with Crippen LogP contribution in [-0.4, -0.2) is 5.50 Å². The van der Waals surface area contributed by atoms with Crippen molar-refractivity contribution in [1.82, 2.24) is 10.9 Å². The second kappa shape index (κ2) is 1.49. The van der Waals surface area contributed by atoms with Gasteiger partial charge in [-0.25, -0.2) is 5.43 Å². The summed E-state index contributed by atoms with van der Waals surface area (Å²) in [5.74, 6) is 0. The third-order valence-corrected chi connectivity index (χ3v) is 0.824. The number of alkyl halides is 1. The average molecular weight is 105 g/mol. The Morgan fingerprint density at radius 3 is 2.67 bits per heavy atom. The van der Waals surface area contributed by atoms with Gasteiger partial charge >= 0.3 is 0 Å². The van der Waals surface area contributed by atoms with E-state index in [4.69, 9.17) is 11.6 Å². The van der Waals surface area contributed by atoms with Crippen LogP contribution >= 0.6 is 11.6 Å². The zero-order valence-corrected chi connectivity index (χ0v) is 3.87. The van der Waals surface area contributed by atoms with Crippen molar-refractivity contribution in [1.29, 1.82) is 0 Å². The third kappa shape index (κ3) is 0.640. The van der Waals surface area contributed by atoms with Crippen molar-refractivity contribution in [2.75, 3.05) is 0 Å². The molecule has 1 unspecified atom stereocenters. The van der Waals surface area contributed by atoms with Crippen molar-refractivity contribution in [3.63, 3.8) is 0 Å². The smallest absolute Gasteiger partial charge is 0.120 e. The van der Waals surface area contributed by atoms with E-state index in [0.717, 1.165) is 0 Å². The van der Waals surface area contributed by atoms with Gasteiger partial charge in [0.2, 0.25) is 0 Å². The fraction of sp³-hybridized carbons (Fsp3) is 0.333. The van der Waals surface area contributed by atoms with E-state index in [0.29, 0.717) is 0 Å². The topological polar surface area (TPSA) is 24.1 Å². The molecule has 1 atom stereocenters. The molecule has 6 heavy (non-hydrogen) atoms. The molecule has 2 nitrogen and oxygen atoms in total. The predicted molar refractivity (Wildman–Crippen MR) is 25.1 cm³/mol. The van der Waals surface area contributed by atoms with Crippen LogP contribution in [-0.2, 0) is 0 Å². The number of hydrogen-bond donors (Lipinski definition) is 2. The second-order valence-corrected chi connectivity index (χ2v) is 1.52. The monoisotopic (exact) mass is 104 g/mol. The molecular weight excluding hydrogens is 99.5 g/mol. The number of nitrogens with one attached hydrogen (secondary N) is 2. The van der Waals surface area contributed by atoms with Gasteiger partial charge in [0.15, 0.2) is 0 Å². The Morgan fingerprint density at radius 1 is 1.67 bits per heavy atom. The maximum atomic E-state index is 5.45. The number of hydrogen-bond acceptors (Lipinski definition) is 2. The van der Waals surface area contributed by atoms with Crippen molar-refractivity contribution in [2.45, 2.75) is 5.50 Å². The van der Waals surface area contributed by atoms with E-state index in [1.165, 1.54) is 0 Å². The van der Waals surface area contributed by atoms with Gasteiger partial charge in [0.1, 0.15) is 5.50 Å². The summed E-state index contributed by atoms with van der Waals surface area (Å²) in [6, 6.07) is 0. The molecule has 3 heteroatoms. The molecule has 0 aromatic carbocycles. The fourth-order valence-electron chi connectivity index (χ4n) is 0.308. The first-order valence-corrected chi connectivity index (χ1v) is 2.15. The van der Waals surface area contributed by atoms with E-state index in [1.54, 1.807) is 6.20 Å². The van der Waals surface area contributed by atoms with Crippen molar-refractivity contribution >= 4 is 11.6 Å². The highest BCUT2D eigenvalue weighted by atomic mass is 35.5. The van der Waals surface area contributed by atoms with E-state index in [-0.39, 0.29) is 5.50 Å². The Morgan fingerprint density at radius 2 is 2.50 bits per heavy atom. The largest absolute Gasteiger partial charge is 0.327 e. The van der Waals surface area contributed by atoms with Gasteiger partial charge in [-0.15, -0.1) is 0 Å². The van der Waals surface area contributed by atoms with E-state index >= 15 is 0 Å². The van der Waals surface area contributed by atoms with Crippen molar-refractivity contribution in [3.8, 4) is 0 Å². The van der Waals surface area contributed by atoms with Crippen molar-refractivity contribution < 1.29 is 0 Å². The van der Waals surface area contributed by atoms with Crippen LogP contribution in [0.1, 0.15) is 0 Å². The summed E-state index contributed by atoms with van der Waals surface area (Å²) in [6.07, 6.45) is 3.58. The summed E-state index contributed by atoms with van der Waals surface area (Å²) >= 11 is 5.45. The SMILES string of the molecule is ClC1C=CNN1. The van der Waals surface area contributed by atoms with Crippen LogP contribution in [0.5, 0.6) is 0 Å². The number of halogens is 1. The van der Waals surface area contributed by atoms with Crippen molar-refractivity contribution in [2.24, 2.45) is 0 Å². The van der Waals surface area contributed by atoms with E-state index < -0.39 is 0 Å². The molecule has 0 saturated carbocycles. The zero-order chi connectivity index (χ0) is 4.41. The van der Waals surface area contributed by atoms with Crippen LogP contribution in [0.15, 0.2) is 12.3 Å². The molecule has 0 aliphatic carbocycles. The normalized spacial score (nSPS) is 30.5. The van der Waals surface area contributed by atoms with Crippen molar-refractivity contribution in [3.05, 3.63) is 12.3 Å². The van der Waals surface area contributed by atoms with Crippen LogP contribution in [0.25, 0.3) is 0 Å². The van der Waals surface area contributed by atoms with E-state index in [2.05, 4.69) is 10.9 Å². The van der Waals surface area contributed by atoms with Gasteiger partial charge in [-0.1, -0.05) is 11.6 Å². The quantitative estimate of drug-likeness (QED) is 0.338. The van der Waals surface area contributed by atoms with Gasteiger partial charge in [0, 0.05) is 6.20 Å². The van der Waals surface area contributed by atoms with E-state index in [9.17, 15) is 0 Å². The lowest BCUT2D eigenvalue weighted by Gasteiger charge is -1.93. The number of hydrazine groups is 1. The first-order chi connectivity index (χ1) is 2.89. The molecule has 0 fully saturated rings. The second-order valence-electron chi connectivity index (χ2n) is 1.05. The Balaban J connectivity index is 2.38. The Kier molecular flexibility index (Phi) is 0.986.